The minimum Gasteiger partial charge on any atom is -0.279 e. The van der Waals surface area contributed by atoms with Crippen molar-refractivity contribution in [2.45, 2.75) is 9.79 Å². The Balaban J connectivity index is 2.49. The highest BCUT2D eigenvalue weighted by molar-refractivity contribution is 7.93. The quantitative estimate of drug-likeness (QED) is 0.883. The molecule has 2 aromatic rings. The fraction of sp³-hybridized carbons (Fsp3) is 0.0769. The van der Waals surface area contributed by atoms with Crippen molar-refractivity contribution in [3.63, 3.8) is 0 Å². The number of halogens is 3. The summed E-state index contributed by atoms with van der Waals surface area (Å²) < 4.78 is 75.6. The van der Waals surface area contributed by atoms with Crippen molar-refractivity contribution in [2.75, 3.05) is 11.0 Å². The van der Waals surface area contributed by atoms with Gasteiger partial charge in [-0.25, -0.2) is 25.6 Å². The zero-order chi connectivity index (χ0) is 17.4. The first-order chi connectivity index (χ1) is 10.5. The summed E-state index contributed by atoms with van der Waals surface area (Å²) in [4.78, 5) is -0.737. The first kappa shape index (κ1) is 17.6. The van der Waals surface area contributed by atoms with Gasteiger partial charge in [0.2, 0.25) is 0 Å². The van der Waals surface area contributed by atoms with Gasteiger partial charge in [0.15, 0.2) is 21.5 Å². The van der Waals surface area contributed by atoms with Crippen LogP contribution in [0.1, 0.15) is 0 Å². The smallest absolute Gasteiger partial charge is 0.263 e. The van der Waals surface area contributed by atoms with E-state index in [1.165, 1.54) is 0 Å². The van der Waals surface area contributed by atoms with Gasteiger partial charge >= 0.3 is 0 Å². The molecule has 0 saturated carbocycles. The highest BCUT2D eigenvalue weighted by atomic mass is 35.5. The largest absolute Gasteiger partial charge is 0.279 e. The average molecular weight is 382 g/mol. The van der Waals surface area contributed by atoms with Crippen molar-refractivity contribution in [3.05, 3.63) is 53.1 Å². The number of hydrogen-bond acceptors (Lipinski definition) is 4. The Morgan fingerprint density at radius 2 is 1.61 bits per heavy atom. The molecule has 0 heterocycles. The molecule has 124 valence electrons. The Morgan fingerprint density at radius 3 is 2.17 bits per heavy atom. The highest BCUT2D eigenvalue weighted by Gasteiger charge is 2.21. The molecule has 0 aliphatic heterocycles. The van der Waals surface area contributed by atoms with Gasteiger partial charge in [-0.15, -0.1) is 0 Å². The van der Waals surface area contributed by atoms with Crippen molar-refractivity contribution in [2.24, 2.45) is 0 Å². The normalized spacial score (nSPS) is 12.2. The molecule has 0 amide bonds. The molecule has 0 fully saturated rings. The molecule has 0 radical (unpaired) electrons. The summed E-state index contributed by atoms with van der Waals surface area (Å²) in [5.41, 5.74) is -0.232. The zero-order valence-electron chi connectivity index (χ0n) is 11.5. The maximum atomic E-state index is 13.1. The van der Waals surface area contributed by atoms with Crippen molar-refractivity contribution in [1.29, 1.82) is 0 Å². The third-order valence-corrected chi connectivity index (χ3v) is 5.77. The van der Waals surface area contributed by atoms with Crippen molar-refractivity contribution in [3.8, 4) is 0 Å². The van der Waals surface area contributed by atoms with Crippen molar-refractivity contribution < 1.29 is 25.6 Å². The molecule has 0 saturated heterocycles. The number of sulfone groups is 1. The fourth-order valence-corrected chi connectivity index (χ4v) is 3.99. The summed E-state index contributed by atoms with van der Waals surface area (Å²) in [5.74, 6) is -2.37. The van der Waals surface area contributed by atoms with Crippen LogP contribution < -0.4 is 4.72 Å². The van der Waals surface area contributed by atoms with E-state index in [4.69, 9.17) is 11.6 Å². The van der Waals surface area contributed by atoms with E-state index in [-0.39, 0.29) is 15.6 Å². The Labute approximate surface area is 136 Å². The highest BCUT2D eigenvalue weighted by Crippen LogP contribution is 2.27. The maximum absolute atomic E-state index is 13.1. The molecular formula is C13H10ClF2NO4S2. The van der Waals surface area contributed by atoms with E-state index in [1.54, 1.807) is 0 Å². The van der Waals surface area contributed by atoms with Crippen LogP contribution in [0.2, 0.25) is 5.02 Å². The summed E-state index contributed by atoms with van der Waals surface area (Å²) in [7, 11) is -7.94. The molecule has 2 aromatic carbocycles. The summed E-state index contributed by atoms with van der Waals surface area (Å²) in [6.07, 6.45) is 0.912. The molecule has 23 heavy (non-hydrogen) atoms. The number of anilines is 1. The number of nitrogens with one attached hydrogen (secondary N) is 1. The zero-order valence-corrected chi connectivity index (χ0v) is 13.9. The van der Waals surface area contributed by atoms with Crippen LogP contribution in [0.4, 0.5) is 14.5 Å². The van der Waals surface area contributed by atoms with Gasteiger partial charge in [-0.2, -0.15) is 0 Å². The van der Waals surface area contributed by atoms with Crippen LogP contribution in [0.25, 0.3) is 0 Å². The number of hydrogen-bond donors (Lipinski definition) is 1. The lowest BCUT2D eigenvalue weighted by Gasteiger charge is -2.11. The van der Waals surface area contributed by atoms with E-state index < -0.39 is 36.4 Å². The first-order valence-electron chi connectivity index (χ1n) is 5.98. The van der Waals surface area contributed by atoms with E-state index in [0.29, 0.717) is 6.07 Å². The predicted octanol–water partition coefficient (Wildman–Crippen LogP) is 2.82. The van der Waals surface area contributed by atoms with Gasteiger partial charge in [-0.1, -0.05) is 11.6 Å². The third-order valence-electron chi connectivity index (χ3n) is 2.79. The van der Waals surface area contributed by atoms with Gasteiger partial charge in [0, 0.05) is 12.3 Å². The van der Waals surface area contributed by atoms with E-state index in [9.17, 15) is 25.6 Å². The van der Waals surface area contributed by atoms with Gasteiger partial charge in [-0.05, 0) is 30.3 Å². The topological polar surface area (TPSA) is 80.3 Å². The Hall–Kier alpha value is -1.71. The summed E-state index contributed by atoms with van der Waals surface area (Å²) in [5, 5.41) is -0.215. The Bertz CT molecular complexity index is 975. The van der Waals surface area contributed by atoms with E-state index in [0.717, 1.165) is 36.6 Å². The SMILES string of the molecule is CS(=O)(=O)c1ccc(Cl)c(S(=O)(=O)Nc2ccc(F)c(F)c2)c1. The Kier molecular flexibility index (Phi) is 4.65. The molecule has 0 aromatic heterocycles. The van der Waals surface area contributed by atoms with Gasteiger partial charge in [0.05, 0.1) is 15.6 Å². The van der Waals surface area contributed by atoms with Crippen molar-refractivity contribution in [1.82, 2.24) is 0 Å². The lowest BCUT2D eigenvalue weighted by molar-refractivity contribution is 0.509. The second-order valence-corrected chi connectivity index (χ2v) is 8.67. The summed E-state index contributed by atoms with van der Waals surface area (Å²) >= 11 is 5.81. The maximum Gasteiger partial charge on any atom is 0.263 e. The summed E-state index contributed by atoms with van der Waals surface area (Å²) in [6.45, 7) is 0. The fourth-order valence-electron chi connectivity index (χ4n) is 1.69. The molecule has 0 spiro atoms. The average Bonchev–Trinajstić information content (AvgIpc) is 2.41. The molecule has 0 unspecified atom stereocenters. The second-order valence-electron chi connectivity index (χ2n) is 4.60. The molecule has 0 atom stereocenters. The molecule has 0 bridgehead atoms. The summed E-state index contributed by atoms with van der Waals surface area (Å²) in [6, 6.07) is 5.60. The number of rotatable bonds is 4. The van der Waals surface area contributed by atoms with Crippen LogP contribution in [-0.4, -0.2) is 23.1 Å². The molecule has 1 N–H and O–H groups in total. The predicted molar refractivity (Wildman–Crippen MR) is 81.7 cm³/mol. The van der Waals surface area contributed by atoms with Gasteiger partial charge < -0.3 is 0 Å². The molecule has 0 aliphatic carbocycles. The molecular weight excluding hydrogens is 372 g/mol. The third kappa shape index (κ3) is 3.98. The van der Waals surface area contributed by atoms with Crippen LogP contribution in [0.3, 0.4) is 0 Å². The van der Waals surface area contributed by atoms with E-state index >= 15 is 0 Å². The van der Waals surface area contributed by atoms with Crippen LogP contribution >= 0.6 is 11.6 Å². The lowest BCUT2D eigenvalue weighted by atomic mass is 10.3. The van der Waals surface area contributed by atoms with Crippen molar-refractivity contribution >= 4 is 37.1 Å². The Morgan fingerprint density at radius 1 is 0.957 bits per heavy atom. The van der Waals surface area contributed by atoms with Crippen LogP contribution in [0.5, 0.6) is 0 Å². The molecule has 10 heteroatoms. The van der Waals surface area contributed by atoms with Crippen LogP contribution in [-0.2, 0) is 19.9 Å². The molecule has 5 nitrogen and oxygen atoms in total. The number of sulfonamides is 1. The standard InChI is InChI=1S/C13H10ClF2NO4S2/c1-22(18,19)9-3-4-10(14)13(7-9)23(20,21)17-8-2-5-11(15)12(16)6-8/h2-7,17H,1H3. The van der Waals surface area contributed by atoms with Gasteiger partial charge in [0.25, 0.3) is 10.0 Å². The van der Waals surface area contributed by atoms with Crippen LogP contribution in [0.15, 0.2) is 46.2 Å². The van der Waals surface area contributed by atoms with E-state index in [2.05, 4.69) is 0 Å². The monoisotopic (exact) mass is 381 g/mol. The minimum atomic E-state index is -4.29. The second kappa shape index (κ2) is 6.06. The minimum absolute atomic E-state index is 0.215. The molecule has 0 aliphatic rings. The molecule has 2 rings (SSSR count). The lowest BCUT2D eigenvalue weighted by Crippen LogP contribution is -2.14. The number of benzene rings is 2. The van der Waals surface area contributed by atoms with Gasteiger partial charge in [0.1, 0.15) is 4.90 Å². The first-order valence-corrected chi connectivity index (χ1v) is 9.73. The van der Waals surface area contributed by atoms with Crippen LogP contribution in [0, 0.1) is 11.6 Å². The van der Waals surface area contributed by atoms with Gasteiger partial charge in [-0.3, -0.25) is 4.72 Å². The van der Waals surface area contributed by atoms with E-state index in [1.807, 2.05) is 4.72 Å².